The normalized spacial score (nSPS) is 10.9. The largest absolute Gasteiger partial charge is 0.465 e. The van der Waals surface area contributed by atoms with Crippen LogP contribution in [0.3, 0.4) is 0 Å². The molecule has 0 radical (unpaired) electrons. The first-order valence-corrected chi connectivity index (χ1v) is 9.76. The lowest BCUT2D eigenvalue weighted by atomic mass is 10.0. The van der Waals surface area contributed by atoms with E-state index in [0.29, 0.717) is 17.3 Å². The molecule has 5 heteroatoms. The van der Waals surface area contributed by atoms with Crippen LogP contribution in [0.5, 0.6) is 0 Å². The van der Waals surface area contributed by atoms with Crippen LogP contribution < -0.4 is 0 Å². The van der Waals surface area contributed by atoms with Crippen LogP contribution in [0.25, 0.3) is 22.5 Å². The van der Waals surface area contributed by atoms with Crippen molar-refractivity contribution in [2.75, 3.05) is 6.61 Å². The molecule has 0 atom stereocenters. The summed E-state index contributed by atoms with van der Waals surface area (Å²) >= 11 is 6.81. The summed E-state index contributed by atoms with van der Waals surface area (Å²) in [4.78, 5) is 12.1. The van der Waals surface area contributed by atoms with Crippen molar-refractivity contribution in [1.29, 1.82) is 0 Å². The molecule has 0 N–H and O–H groups in total. The minimum Gasteiger partial charge on any atom is -0.465 e. The molecule has 146 valence electrons. The maximum Gasteiger partial charge on any atom is 0.327 e. The van der Waals surface area contributed by atoms with Gasteiger partial charge in [0.2, 0.25) is 0 Å². The second-order valence-electron chi connectivity index (χ2n) is 7.07. The smallest absolute Gasteiger partial charge is 0.327 e. The van der Waals surface area contributed by atoms with E-state index in [0.717, 1.165) is 22.4 Å². The molecule has 0 saturated carbocycles. The molecule has 0 amide bonds. The molecular formula is C23H25ClN2O2. The molecule has 4 nitrogen and oxygen atoms in total. The highest BCUT2D eigenvalue weighted by molar-refractivity contribution is 6.35. The number of rotatable bonds is 5. The predicted octanol–water partition coefficient (Wildman–Crippen LogP) is 5.67. The van der Waals surface area contributed by atoms with Crippen LogP contribution in [-0.4, -0.2) is 22.4 Å². The summed E-state index contributed by atoms with van der Waals surface area (Å²) in [6.07, 6.45) is 0. The Kier molecular flexibility index (Phi) is 5.90. The third kappa shape index (κ3) is 3.97. The molecular weight excluding hydrogens is 372 g/mol. The van der Waals surface area contributed by atoms with Gasteiger partial charge in [-0.3, -0.25) is 9.48 Å². The summed E-state index contributed by atoms with van der Waals surface area (Å²) in [6.45, 7) is 10.4. The van der Waals surface area contributed by atoms with Crippen LogP contribution in [0, 0.1) is 27.7 Å². The summed E-state index contributed by atoms with van der Waals surface area (Å²) < 4.78 is 6.77. The van der Waals surface area contributed by atoms with Gasteiger partial charge in [0, 0.05) is 11.1 Å². The van der Waals surface area contributed by atoms with E-state index in [9.17, 15) is 4.79 Å². The Morgan fingerprint density at radius 1 is 0.964 bits per heavy atom. The quantitative estimate of drug-likeness (QED) is 0.522. The number of nitrogens with zero attached hydrogens (tertiary/aromatic N) is 2. The molecule has 0 aliphatic rings. The number of carbonyl (C=O) groups excluding carboxylic acids is 1. The third-order valence-corrected chi connectivity index (χ3v) is 5.40. The predicted molar refractivity (Wildman–Crippen MR) is 114 cm³/mol. The Morgan fingerprint density at radius 2 is 1.54 bits per heavy atom. The lowest BCUT2D eigenvalue weighted by Crippen LogP contribution is -2.15. The van der Waals surface area contributed by atoms with Gasteiger partial charge in [0.25, 0.3) is 0 Å². The van der Waals surface area contributed by atoms with Gasteiger partial charge in [-0.1, -0.05) is 35.9 Å². The number of carbonyl (C=O) groups is 1. The molecule has 0 aliphatic carbocycles. The zero-order chi connectivity index (χ0) is 20.4. The van der Waals surface area contributed by atoms with Crippen molar-refractivity contribution in [2.24, 2.45) is 0 Å². The molecule has 1 aromatic heterocycles. The number of halogens is 1. The fourth-order valence-electron chi connectivity index (χ4n) is 3.12. The summed E-state index contributed by atoms with van der Waals surface area (Å²) in [5, 5.41) is 5.22. The number of aromatic nitrogens is 2. The summed E-state index contributed by atoms with van der Waals surface area (Å²) in [5.41, 5.74) is 7.99. The van der Waals surface area contributed by atoms with Crippen LogP contribution in [0.4, 0.5) is 0 Å². The van der Waals surface area contributed by atoms with Gasteiger partial charge < -0.3 is 4.74 Å². The van der Waals surface area contributed by atoms with Crippen molar-refractivity contribution in [3.63, 3.8) is 0 Å². The molecule has 0 aliphatic heterocycles. The van der Waals surface area contributed by atoms with Gasteiger partial charge in [0.15, 0.2) is 0 Å². The maximum atomic E-state index is 12.1. The Balaban J connectivity index is 2.17. The number of esters is 1. The van der Waals surface area contributed by atoms with Gasteiger partial charge >= 0.3 is 5.97 Å². The number of hydrogen-bond donors (Lipinski definition) is 0. The molecule has 0 spiro atoms. The molecule has 28 heavy (non-hydrogen) atoms. The van der Waals surface area contributed by atoms with Gasteiger partial charge in [-0.15, -0.1) is 0 Å². The first-order chi connectivity index (χ1) is 13.3. The maximum absolute atomic E-state index is 12.1. The highest BCUT2D eigenvalue weighted by atomic mass is 35.5. The molecule has 0 saturated heterocycles. The van der Waals surface area contributed by atoms with E-state index in [1.807, 2.05) is 12.1 Å². The van der Waals surface area contributed by atoms with E-state index >= 15 is 0 Å². The van der Waals surface area contributed by atoms with E-state index in [-0.39, 0.29) is 12.5 Å². The molecule has 0 bridgehead atoms. The number of ether oxygens (including phenoxy) is 1. The third-order valence-electron chi connectivity index (χ3n) is 5.04. The molecule has 0 fully saturated rings. The first kappa shape index (κ1) is 20.2. The van der Waals surface area contributed by atoms with E-state index < -0.39 is 0 Å². The Morgan fingerprint density at radius 3 is 2.11 bits per heavy atom. The van der Waals surface area contributed by atoms with Gasteiger partial charge in [-0.05, 0) is 69.0 Å². The van der Waals surface area contributed by atoms with Crippen LogP contribution in [0.1, 0.15) is 29.2 Å². The number of hydrogen-bond acceptors (Lipinski definition) is 3. The SMILES string of the molecule is CCOC(=O)Cn1nc(-c2ccc(C)c(C)c2)c(Cl)c1-c1ccc(C)c(C)c1. The van der Waals surface area contributed by atoms with E-state index in [1.165, 1.54) is 16.7 Å². The Labute approximate surface area is 171 Å². The minimum atomic E-state index is -0.335. The van der Waals surface area contributed by atoms with Gasteiger partial charge in [0.05, 0.1) is 17.3 Å². The topological polar surface area (TPSA) is 44.1 Å². The molecule has 1 heterocycles. The van der Waals surface area contributed by atoms with Crippen LogP contribution >= 0.6 is 11.6 Å². The van der Waals surface area contributed by atoms with Gasteiger partial charge in [-0.25, -0.2) is 0 Å². The van der Waals surface area contributed by atoms with Crippen molar-refractivity contribution in [3.05, 3.63) is 63.7 Å². The Hall–Kier alpha value is -2.59. The van der Waals surface area contributed by atoms with E-state index in [4.69, 9.17) is 16.3 Å². The zero-order valence-electron chi connectivity index (χ0n) is 17.0. The lowest BCUT2D eigenvalue weighted by Gasteiger charge is -2.09. The number of aryl methyl sites for hydroxylation is 4. The molecule has 2 aromatic carbocycles. The zero-order valence-corrected chi connectivity index (χ0v) is 17.7. The lowest BCUT2D eigenvalue weighted by molar-refractivity contribution is -0.144. The van der Waals surface area contributed by atoms with Crippen LogP contribution in [-0.2, 0) is 16.1 Å². The van der Waals surface area contributed by atoms with E-state index in [2.05, 4.69) is 57.1 Å². The molecule has 3 rings (SSSR count). The van der Waals surface area contributed by atoms with Crippen LogP contribution in [0.2, 0.25) is 5.02 Å². The highest BCUT2D eigenvalue weighted by Gasteiger charge is 2.21. The number of benzene rings is 2. The molecule has 3 aromatic rings. The molecule has 0 unspecified atom stereocenters. The van der Waals surface area contributed by atoms with Gasteiger partial charge in [0.1, 0.15) is 12.2 Å². The van der Waals surface area contributed by atoms with Crippen molar-refractivity contribution in [1.82, 2.24) is 9.78 Å². The summed E-state index contributed by atoms with van der Waals surface area (Å²) in [5.74, 6) is -0.335. The second kappa shape index (κ2) is 8.19. The summed E-state index contributed by atoms with van der Waals surface area (Å²) in [6, 6.07) is 12.3. The fourth-order valence-corrected chi connectivity index (χ4v) is 3.47. The second-order valence-corrected chi connectivity index (χ2v) is 7.45. The first-order valence-electron chi connectivity index (χ1n) is 9.39. The van der Waals surface area contributed by atoms with Crippen molar-refractivity contribution in [3.8, 4) is 22.5 Å². The van der Waals surface area contributed by atoms with Crippen molar-refractivity contribution >= 4 is 17.6 Å². The average Bonchev–Trinajstić information content (AvgIpc) is 2.96. The fraction of sp³-hybridized carbons (Fsp3) is 0.304. The van der Waals surface area contributed by atoms with Gasteiger partial charge in [-0.2, -0.15) is 5.10 Å². The monoisotopic (exact) mass is 396 g/mol. The summed E-state index contributed by atoms with van der Waals surface area (Å²) in [7, 11) is 0. The minimum absolute atomic E-state index is 0.0145. The van der Waals surface area contributed by atoms with Crippen molar-refractivity contribution < 1.29 is 9.53 Å². The van der Waals surface area contributed by atoms with E-state index in [1.54, 1.807) is 11.6 Å². The standard InChI is InChI=1S/C23H25ClN2O2/c1-6-28-20(27)13-26-23(19-10-8-15(3)17(5)12-19)21(24)22(25-26)18-9-7-14(2)16(4)11-18/h7-12H,6,13H2,1-5H3. The highest BCUT2D eigenvalue weighted by Crippen LogP contribution is 2.37. The Bertz CT molecular complexity index is 1040. The average molecular weight is 397 g/mol. The van der Waals surface area contributed by atoms with Crippen molar-refractivity contribution in [2.45, 2.75) is 41.2 Å². The van der Waals surface area contributed by atoms with Crippen LogP contribution in [0.15, 0.2) is 36.4 Å².